The molecule has 5 rings (SSSR count). The first-order chi connectivity index (χ1) is 9.63. The van der Waals surface area contributed by atoms with Crippen LogP contribution in [-0.2, 0) is 0 Å². The Hall–Kier alpha value is -0.0800. The highest BCUT2D eigenvalue weighted by Gasteiger charge is 2.59. The molecule has 114 valence electrons. The fourth-order valence-electron chi connectivity index (χ4n) is 6.62. The van der Waals surface area contributed by atoms with Crippen LogP contribution in [0.2, 0.25) is 0 Å². The molecule has 4 saturated carbocycles. The van der Waals surface area contributed by atoms with Crippen LogP contribution in [0.15, 0.2) is 0 Å². The fourth-order valence-corrected chi connectivity index (χ4v) is 6.62. The van der Waals surface area contributed by atoms with Gasteiger partial charge in [0.2, 0.25) is 0 Å². The highest BCUT2D eigenvalue weighted by atomic mass is 15.2. The number of hydrogen-bond acceptors (Lipinski definition) is 2. The van der Waals surface area contributed by atoms with Crippen molar-refractivity contribution >= 4 is 0 Å². The molecule has 0 radical (unpaired) electrons. The molecule has 2 unspecified atom stereocenters. The number of nitrogens with zero attached hydrogens (tertiary/aromatic N) is 1. The van der Waals surface area contributed by atoms with Crippen LogP contribution in [0.4, 0.5) is 0 Å². The molecule has 2 N–H and O–H groups in total. The van der Waals surface area contributed by atoms with Gasteiger partial charge in [0.25, 0.3) is 0 Å². The summed E-state index contributed by atoms with van der Waals surface area (Å²) in [6.45, 7) is 8.43. The average Bonchev–Trinajstić information content (AvgIpc) is 2.42. The predicted molar refractivity (Wildman–Crippen MR) is 83.3 cm³/mol. The number of likely N-dealkylation sites (tertiary alicyclic amines) is 1. The van der Waals surface area contributed by atoms with E-state index in [1.165, 1.54) is 45.2 Å². The van der Waals surface area contributed by atoms with Gasteiger partial charge in [-0.3, -0.25) is 4.90 Å². The quantitative estimate of drug-likeness (QED) is 0.839. The fraction of sp³-hybridized carbons (Fsp3) is 1.00. The van der Waals surface area contributed by atoms with Gasteiger partial charge in [-0.1, -0.05) is 13.8 Å². The van der Waals surface area contributed by atoms with E-state index < -0.39 is 0 Å². The van der Waals surface area contributed by atoms with E-state index in [9.17, 15) is 0 Å². The standard InChI is InChI=1S/C18H32N2/c1-12-3-4-20(10-13(12)2)18(11-19)16-6-14-5-15(8-16)9-17(18)7-14/h12-17H,3-11,19H2,1-2H3. The van der Waals surface area contributed by atoms with E-state index in [0.717, 1.165) is 42.1 Å². The summed E-state index contributed by atoms with van der Waals surface area (Å²) in [5.74, 6) is 5.70. The monoisotopic (exact) mass is 276 g/mol. The maximum Gasteiger partial charge on any atom is 0.0388 e. The average molecular weight is 276 g/mol. The molecule has 2 heteroatoms. The van der Waals surface area contributed by atoms with Gasteiger partial charge in [-0.05, 0) is 80.6 Å². The molecule has 1 saturated heterocycles. The Balaban J connectivity index is 1.63. The van der Waals surface area contributed by atoms with Crippen LogP contribution < -0.4 is 5.73 Å². The number of nitrogens with two attached hydrogens (primary N) is 1. The topological polar surface area (TPSA) is 29.3 Å². The van der Waals surface area contributed by atoms with Crippen molar-refractivity contribution < 1.29 is 0 Å². The molecule has 0 amide bonds. The van der Waals surface area contributed by atoms with Crippen molar-refractivity contribution in [3.05, 3.63) is 0 Å². The number of piperidine rings is 1. The van der Waals surface area contributed by atoms with Gasteiger partial charge in [0.1, 0.15) is 0 Å². The summed E-state index contributed by atoms with van der Waals surface area (Å²) in [4.78, 5) is 2.88. The Kier molecular flexibility index (Phi) is 3.20. The summed E-state index contributed by atoms with van der Waals surface area (Å²) in [7, 11) is 0. The summed E-state index contributed by atoms with van der Waals surface area (Å²) in [6.07, 6.45) is 8.89. The van der Waals surface area contributed by atoms with Crippen LogP contribution in [0.3, 0.4) is 0 Å². The molecule has 20 heavy (non-hydrogen) atoms. The molecule has 4 aliphatic carbocycles. The zero-order chi connectivity index (χ0) is 13.9. The highest BCUT2D eigenvalue weighted by molar-refractivity contribution is 5.13. The minimum Gasteiger partial charge on any atom is -0.329 e. The third-order valence-electron chi connectivity index (χ3n) is 7.80. The van der Waals surface area contributed by atoms with Crippen LogP contribution >= 0.6 is 0 Å². The first-order valence-electron chi connectivity index (χ1n) is 9.08. The second-order valence-electron chi connectivity index (χ2n) is 8.69. The lowest BCUT2D eigenvalue weighted by Gasteiger charge is -2.65. The van der Waals surface area contributed by atoms with E-state index in [4.69, 9.17) is 5.73 Å². The van der Waals surface area contributed by atoms with Gasteiger partial charge in [-0.15, -0.1) is 0 Å². The first-order valence-corrected chi connectivity index (χ1v) is 9.08. The summed E-state index contributed by atoms with van der Waals surface area (Å²) in [6, 6.07) is 0. The zero-order valence-electron chi connectivity index (χ0n) is 13.4. The van der Waals surface area contributed by atoms with Crippen LogP contribution in [0.25, 0.3) is 0 Å². The van der Waals surface area contributed by atoms with Crippen LogP contribution in [0.1, 0.15) is 52.4 Å². The molecule has 0 aromatic rings. The van der Waals surface area contributed by atoms with Crippen LogP contribution in [0.5, 0.6) is 0 Å². The van der Waals surface area contributed by atoms with Gasteiger partial charge in [0.05, 0.1) is 0 Å². The predicted octanol–water partition coefficient (Wildman–Crippen LogP) is 3.12. The normalized spacial score (nSPS) is 55.4. The van der Waals surface area contributed by atoms with Crippen molar-refractivity contribution in [3.8, 4) is 0 Å². The van der Waals surface area contributed by atoms with Crippen LogP contribution in [0, 0.1) is 35.5 Å². The van der Waals surface area contributed by atoms with Gasteiger partial charge >= 0.3 is 0 Å². The molecule has 5 fully saturated rings. The van der Waals surface area contributed by atoms with E-state index in [0.29, 0.717) is 5.54 Å². The molecule has 5 aliphatic rings. The minimum atomic E-state index is 0.391. The molecule has 4 bridgehead atoms. The Morgan fingerprint density at radius 3 is 2.05 bits per heavy atom. The van der Waals surface area contributed by atoms with Crippen molar-refractivity contribution in [1.29, 1.82) is 0 Å². The lowest BCUT2D eigenvalue weighted by Crippen LogP contribution is -2.70. The molecule has 0 spiro atoms. The second-order valence-corrected chi connectivity index (χ2v) is 8.69. The van der Waals surface area contributed by atoms with Gasteiger partial charge in [-0.2, -0.15) is 0 Å². The maximum atomic E-state index is 6.46. The maximum absolute atomic E-state index is 6.46. The zero-order valence-corrected chi connectivity index (χ0v) is 13.4. The van der Waals surface area contributed by atoms with Gasteiger partial charge in [0.15, 0.2) is 0 Å². The minimum absolute atomic E-state index is 0.391. The summed E-state index contributed by atoms with van der Waals surface area (Å²) in [5.41, 5.74) is 6.85. The van der Waals surface area contributed by atoms with Crippen molar-refractivity contribution in [2.24, 2.45) is 41.2 Å². The Morgan fingerprint density at radius 2 is 1.55 bits per heavy atom. The molecule has 1 heterocycles. The summed E-state index contributed by atoms with van der Waals surface area (Å²) < 4.78 is 0. The summed E-state index contributed by atoms with van der Waals surface area (Å²) >= 11 is 0. The molecular formula is C18H32N2. The van der Waals surface area contributed by atoms with Crippen molar-refractivity contribution in [1.82, 2.24) is 4.90 Å². The Bertz CT molecular complexity index is 350. The lowest BCUT2D eigenvalue weighted by atomic mass is 9.48. The SMILES string of the molecule is CC1CCN(C2(CN)C3CC4CC(C3)CC2C4)CC1C. The van der Waals surface area contributed by atoms with Crippen molar-refractivity contribution in [2.75, 3.05) is 19.6 Å². The molecule has 2 nitrogen and oxygen atoms in total. The van der Waals surface area contributed by atoms with Gasteiger partial charge in [-0.25, -0.2) is 0 Å². The molecule has 1 aliphatic heterocycles. The summed E-state index contributed by atoms with van der Waals surface area (Å²) in [5, 5.41) is 0. The molecule has 2 atom stereocenters. The van der Waals surface area contributed by atoms with E-state index in [1.54, 1.807) is 6.42 Å². The van der Waals surface area contributed by atoms with E-state index in [1.807, 2.05) is 0 Å². The Morgan fingerprint density at radius 1 is 0.950 bits per heavy atom. The number of hydrogen-bond donors (Lipinski definition) is 1. The number of rotatable bonds is 2. The van der Waals surface area contributed by atoms with Crippen LogP contribution in [-0.4, -0.2) is 30.1 Å². The molecule has 0 aromatic carbocycles. The smallest absolute Gasteiger partial charge is 0.0388 e. The van der Waals surface area contributed by atoms with Gasteiger partial charge in [0, 0.05) is 18.6 Å². The first kappa shape index (κ1) is 13.6. The molecule has 0 aromatic heterocycles. The third-order valence-corrected chi connectivity index (χ3v) is 7.80. The van der Waals surface area contributed by atoms with E-state index >= 15 is 0 Å². The van der Waals surface area contributed by atoms with Crippen molar-refractivity contribution in [2.45, 2.75) is 57.9 Å². The van der Waals surface area contributed by atoms with Crippen molar-refractivity contribution in [3.63, 3.8) is 0 Å². The second kappa shape index (κ2) is 4.71. The van der Waals surface area contributed by atoms with E-state index in [2.05, 4.69) is 18.7 Å². The third kappa shape index (κ3) is 1.76. The molecular weight excluding hydrogens is 244 g/mol. The van der Waals surface area contributed by atoms with E-state index in [-0.39, 0.29) is 0 Å². The largest absolute Gasteiger partial charge is 0.329 e. The highest BCUT2D eigenvalue weighted by Crippen LogP contribution is 2.60. The Labute approximate surface area is 124 Å². The van der Waals surface area contributed by atoms with Gasteiger partial charge < -0.3 is 5.73 Å². The lowest BCUT2D eigenvalue weighted by molar-refractivity contribution is -0.143.